The summed E-state index contributed by atoms with van der Waals surface area (Å²) in [6.45, 7) is 0.738. The standard InChI is InChI=1S/C13H16BrNO5/c1-18-12-4-10(6-14)11(15(16)17)5-13(12)20-8-19-7-9-2-3-9/h4-5,9H,2-3,6-8H2,1H3. The smallest absolute Gasteiger partial charge is 0.277 e. The van der Waals surface area contributed by atoms with E-state index < -0.39 is 4.92 Å². The SMILES string of the molecule is COc1cc(CBr)c([N+](=O)[O-])cc1OCOCC1CC1. The van der Waals surface area contributed by atoms with Crippen molar-refractivity contribution in [1.29, 1.82) is 0 Å². The van der Waals surface area contributed by atoms with E-state index in [-0.39, 0.29) is 12.5 Å². The number of alkyl halides is 1. The molecule has 7 heteroatoms. The Balaban J connectivity index is 2.07. The van der Waals surface area contributed by atoms with Gasteiger partial charge in [0.1, 0.15) is 0 Å². The molecule has 0 aliphatic heterocycles. The number of benzene rings is 1. The van der Waals surface area contributed by atoms with Crippen LogP contribution in [0.3, 0.4) is 0 Å². The van der Waals surface area contributed by atoms with Crippen LogP contribution in [0.1, 0.15) is 18.4 Å². The molecule has 0 N–H and O–H groups in total. The number of hydrogen-bond donors (Lipinski definition) is 0. The summed E-state index contributed by atoms with van der Waals surface area (Å²) in [7, 11) is 1.50. The summed E-state index contributed by atoms with van der Waals surface area (Å²) in [6.07, 6.45) is 2.41. The maximum absolute atomic E-state index is 11.0. The molecule has 0 spiro atoms. The molecule has 0 bridgehead atoms. The normalized spacial score (nSPS) is 14.1. The molecule has 0 atom stereocenters. The van der Waals surface area contributed by atoms with Gasteiger partial charge >= 0.3 is 0 Å². The third-order valence-electron chi connectivity index (χ3n) is 3.05. The molecule has 0 aromatic heterocycles. The van der Waals surface area contributed by atoms with E-state index in [9.17, 15) is 10.1 Å². The minimum atomic E-state index is -0.437. The maximum Gasteiger partial charge on any atom is 0.277 e. The van der Waals surface area contributed by atoms with Crippen LogP contribution in [-0.4, -0.2) is 25.4 Å². The van der Waals surface area contributed by atoms with E-state index >= 15 is 0 Å². The number of methoxy groups -OCH3 is 1. The fourth-order valence-corrected chi connectivity index (χ4v) is 2.19. The molecule has 6 nitrogen and oxygen atoms in total. The monoisotopic (exact) mass is 345 g/mol. The van der Waals surface area contributed by atoms with Crippen molar-refractivity contribution in [3.05, 3.63) is 27.8 Å². The summed E-state index contributed by atoms with van der Waals surface area (Å²) in [5, 5.41) is 11.4. The molecule has 1 aromatic carbocycles. The summed E-state index contributed by atoms with van der Waals surface area (Å²) in [5.74, 6) is 1.42. The van der Waals surface area contributed by atoms with Crippen LogP contribution in [0.4, 0.5) is 5.69 Å². The molecular weight excluding hydrogens is 330 g/mol. The number of halogens is 1. The van der Waals surface area contributed by atoms with Crippen LogP contribution in [0.25, 0.3) is 0 Å². The average molecular weight is 346 g/mol. The van der Waals surface area contributed by atoms with Crippen LogP contribution in [0.2, 0.25) is 0 Å². The molecular formula is C13H16BrNO5. The van der Waals surface area contributed by atoms with E-state index in [1.807, 2.05) is 0 Å². The largest absolute Gasteiger partial charge is 0.493 e. The zero-order valence-corrected chi connectivity index (χ0v) is 12.7. The third kappa shape index (κ3) is 3.83. The topological polar surface area (TPSA) is 70.8 Å². The molecule has 20 heavy (non-hydrogen) atoms. The fraction of sp³-hybridized carbons (Fsp3) is 0.538. The van der Waals surface area contributed by atoms with Crippen molar-refractivity contribution in [2.45, 2.75) is 18.2 Å². The van der Waals surface area contributed by atoms with Crippen LogP contribution in [0.15, 0.2) is 12.1 Å². The van der Waals surface area contributed by atoms with Gasteiger partial charge < -0.3 is 14.2 Å². The van der Waals surface area contributed by atoms with Gasteiger partial charge in [0.05, 0.1) is 24.7 Å². The molecule has 1 fully saturated rings. The minimum absolute atomic E-state index is 0.000122. The van der Waals surface area contributed by atoms with E-state index in [0.29, 0.717) is 34.9 Å². The first-order chi connectivity index (χ1) is 9.65. The lowest BCUT2D eigenvalue weighted by atomic mass is 10.2. The predicted molar refractivity (Wildman–Crippen MR) is 76.5 cm³/mol. The van der Waals surface area contributed by atoms with Gasteiger partial charge in [0.15, 0.2) is 18.3 Å². The number of nitro benzene ring substituents is 1. The Morgan fingerprint density at radius 2 is 2.15 bits per heavy atom. The lowest BCUT2D eigenvalue weighted by Gasteiger charge is -2.12. The molecule has 0 radical (unpaired) electrons. The van der Waals surface area contributed by atoms with Gasteiger partial charge in [-0.3, -0.25) is 10.1 Å². The van der Waals surface area contributed by atoms with Gasteiger partial charge in [-0.15, -0.1) is 0 Å². The molecule has 0 amide bonds. The second-order valence-electron chi connectivity index (χ2n) is 4.60. The van der Waals surface area contributed by atoms with Crippen molar-refractivity contribution < 1.29 is 19.1 Å². The summed E-state index contributed by atoms with van der Waals surface area (Å²) in [6, 6.07) is 2.97. The highest BCUT2D eigenvalue weighted by molar-refractivity contribution is 9.08. The van der Waals surface area contributed by atoms with Crippen LogP contribution >= 0.6 is 15.9 Å². The number of hydrogen-bond acceptors (Lipinski definition) is 5. The maximum atomic E-state index is 11.0. The summed E-state index contributed by atoms with van der Waals surface area (Å²) >= 11 is 3.23. The van der Waals surface area contributed by atoms with E-state index in [4.69, 9.17) is 14.2 Å². The zero-order chi connectivity index (χ0) is 14.5. The van der Waals surface area contributed by atoms with E-state index in [1.54, 1.807) is 6.07 Å². The summed E-state index contributed by atoms with van der Waals surface area (Å²) in [5.41, 5.74) is 0.540. The summed E-state index contributed by atoms with van der Waals surface area (Å²) in [4.78, 5) is 10.6. The van der Waals surface area contributed by atoms with Crippen LogP contribution < -0.4 is 9.47 Å². The summed E-state index contributed by atoms with van der Waals surface area (Å²) < 4.78 is 16.0. The lowest BCUT2D eigenvalue weighted by molar-refractivity contribution is -0.385. The number of nitrogens with zero attached hydrogens (tertiary/aromatic N) is 1. The Morgan fingerprint density at radius 3 is 2.70 bits per heavy atom. The van der Waals surface area contributed by atoms with Crippen molar-refractivity contribution in [2.24, 2.45) is 5.92 Å². The van der Waals surface area contributed by atoms with Crippen molar-refractivity contribution in [3.63, 3.8) is 0 Å². The molecule has 1 saturated carbocycles. The molecule has 0 heterocycles. The molecule has 0 saturated heterocycles. The van der Waals surface area contributed by atoms with Crippen molar-refractivity contribution >= 4 is 21.6 Å². The fourth-order valence-electron chi connectivity index (χ4n) is 1.75. The number of nitro groups is 1. The molecule has 1 aliphatic carbocycles. The van der Waals surface area contributed by atoms with Crippen LogP contribution in [0, 0.1) is 16.0 Å². The van der Waals surface area contributed by atoms with Gasteiger partial charge in [-0.2, -0.15) is 0 Å². The predicted octanol–water partition coefficient (Wildman–Crippen LogP) is 3.26. The number of rotatable bonds is 8. The van der Waals surface area contributed by atoms with Crippen molar-refractivity contribution in [1.82, 2.24) is 0 Å². The van der Waals surface area contributed by atoms with E-state index in [0.717, 1.165) is 0 Å². The Hall–Kier alpha value is -1.34. The van der Waals surface area contributed by atoms with Gasteiger partial charge in [0.25, 0.3) is 5.69 Å². The number of ether oxygens (including phenoxy) is 3. The lowest BCUT2D eigenvalue weighted by Crippen LogP contribution is -2.07. The Labute approximate surface area is 125 Å². The Morgan fingerprint density at radius 1 is 1.40 bits per heavy atom. The van der Waals surface area contributed by atoms with Crippen LogP contribution in [-0.2, 0) is 10.1 Å². The van der Waals surface area contributed by atoms with Gasteiger partial charge in [-0.25, -0.2) is 0 Å². The molecule has 110 valence electrons. The van der Waals surface area contributed by atoms with Gasteiger partial charge in [0.2, 0.25) is 0 Å². The Bertz CT molecular complexity index is 490. The molecule has 2 rings (SSSR count). The van der Waals surface area contributed by atoms with Gasteiger partial charge in [0, 0.05) is 10.9 Å². The molecule has 0 unspecified atom stereocenters. The van der Waals surface area contributed by atoms with E-state index in [1.165, 1.54) is 26.0 Å². The first kappa shape index (κ1) is 15.1. The quantitative estimate of drug-likeness (QED) is 0.238. The Kier molecular flexibility index (Phi) is 5.19. The van der Waals surface area contributed by atoms with Crippen LogP contribution in [0.5, 0.6) is 11.5 Å². The molecule has 1 aliphatic rings. The highest BCUT2D eigenvalue weighted by Gasteiger charge is 2.22. The average Bonchev–Trinajstić information content (AvgIpc) is 3.26. The van der Waals surface area contributed by atoms with Crippen molar-refractivity contribution in [2.75, 3.05) is 20.5 Å². The van der Waals surface area contributed by atoms with Crippen molar-refractivity contribution in [3.8, 4) is 11.5 Å². The highest BCUT2D eigenvalue weighted by atomic mass is 79.9. The molecule has 1 aromatic rings. The first-order valence-electron chi connectivity index (χ1n) is 6.27. The minimum Gasteiger partial charge on any atom is -0.493 e. The zero-order valence-electron chi connectivity index (χ0n) is 11.1. The van der Waals surface area contributed by atoms with E-state index in [2.05, 4.69) is 15.9 Å². The van der Waals surface area contributed by atoms with Gasteiger partial charge in [-0.1, -0.05) is 15.9 Å². The third-order valence-corrected chi connectivity index (χ3v) is 3.66. The first-order valence-corrected chi connectivity index (χ1v) is 7.39. The second-order valence-corrected chi connectivity index (χ2v) is 5.16. The van der Waals surface area contributed by atoms with Gasteiger partial charge in [-0.05, 0) is 24.8 Å². The highest BCUT2D eigenvalue weighted by Crippen LogP contribution is 2.36. The second kappa shape index (κ2) is 6.90.